The molecule has 0 amide bonds. The van der Waals surface area contributed by atoms with E-state index < -0.39 is 0 Å². The van der Waals surface area contributed by atoms with E-state index >= 15 is 0 Å². The zero-order valence-electron chi connectivity index (χ0n) is 12.5. The number of methoxy groups -OCH3 is 1. The van der Waals surface area contributed by atoms with Gasteiger partial charge >= 0.3 is 0 Å². The van der Waals surface area contributed by atoms with Gasteiger partial charge in [0.1, 0.15) is 0 Å². The highest BCUT2D eigenvalue weighted by molar-refractivity contribution is 5.78. The van der Waals surface area contributed by atoms with Crippen molar-refractivity contribution < 1.29 is 9.26 Å². The molecule has 1 aliphatic rings. The molecular formula is C16H18N4O2. The van der Waals surface area contributed by atoms with Gasteiger partial charge in [0.15, 0.2) is 5.82 Å². The molecule has 6 nitrogen and oxygen atoms in total. The minimum Gasteiger partial charge on any atom is -0.378 e. The van der Waals surface area contributed by atoms with E-state index in [-0.39, 0.29) is 5.60 Å². The summed E-state index contributed by atoms with van der Waals surface area (Å²) in [6.07, 6.45) is 6.53. The van der Waals surface area contributed by atoms with Crippen LogP contribution in [0.5, 0.6) is 0 Å². The lowest BCUT2D eigenvalue weighted by molar-refractivity contribution is -0.0751. The average molecular weight is 298 g/mol. The van der Waals surface area contributed by atoms with Crippen LogP contribution in [0, 0.1) is 0 Å². The number of nitrogens with zero attached hydrogens (tertiary/aromatic N) is 3. The van der Waals surface area contributed by atoms with Gasteiger partial charge in [-0.1, -0.05) is 11.2 Å². The summed E-state index contributed by atoms with van der Waals surface area (Å²) in [4.78, 5) is 4.51. The molecular weight excluding hydrogens is 280 g/mol. The first kappa shape index (κ1) is 13.5. The van der Waals surface area contributed by atoms with Crippen molar-refractivity contribution in [3.63, 3.8) is 0 Å². The van der Waals surface area contributed by atoms with Crippen LogP contribution < -0.4 is 0 Å². The van der Waals surface area contributed by atoms with E-state index in [4.69, 9.17) is 9.26 Å². The third-order valence-corrected chi connectivity index (χ3v) is 4.55. The largest absolute Gasteiger partial charge is 0.378 e. The number of aromatic nitrogens is 4. The molecule has 0 unspecified atom stereocenters. The quantitative estimate of drug-likeness (QED) is 0.783. The third kappa shape index (κ3) is 2.39. The van der Waals surface area contributed by atoms with Gasteiger partial charge < -0.3 is 9.26 Å². The molecule has 114 valence electrons. The Balaban J connectivity index is 1.49. The van der Waals surface area contributed by atoms with E-state index in [1.807, 2.05) is 12.3 Å². The van der Waals surface area contributed by atoms with Crippen LogP contribution in [0.15, 0.2) is 28.9 Å². The third-order valence-electron chi connectivity index (χ3n) is 4.55. The van der Waals surface area contributed by atoms with Crippen LogP contribution in [0.4, 0.5) is 0 Å². The van der Waals surface area contributed by atoms with Crippen LogP contribution in [0.1, 0.15) is 36.5 Å². The van der Waals surface area contributed by atoms with Gasteiger partial charge in [-0.15, -0.1) is 0 Å². The van der Waals surface area contributed by atoms with Crippen molar-refractivity contribution in [3.8, 4) is 0 Å². The van der Waals surface area contributed by atoms with E-state index in [1.54, 1.807) is 7.11 Å². The Kier molecular flexibility index (Phi) is 3.18. The SMILES string of the molecule is COC1(Cc2nc(Cc3ccc4[nH]ncc4c3)no2)CCC1. The first-order chi connectivity index (χ1) is 10.8. The second-order valence-electron chi connectivity index (χ2n) is 5.99. The second-order valence-corrected chi connectivity index (χ2v) is 5.99. The Morgan fingerprint density at radius 2 is 2.27 bits per heavy atom. The summed E-state index contributed by atoms with van der Waals surface area (Å²) < 4.78 is 11.0. The highest BCUT2D eigenvalue weighted by Gasteiger charge is 2.38. The number of aromatic amines is 1. The number of H-pyrrole nitrogens is 1. The molecule has 1 saturated carbocycles. The zero-order chi connectivity index (χ0) is 15.0. The highest BCUT2D eigenvalue weighted by atomic mass is 16.5. The number of fused-ring (bicyclic) bond motifs is 1. The average Bonchev–Trinajstić information content (AvgIpc) is 3.11. The smallest absolute Gasteiger partial charge is 0.229 e. The van der Waals surface area contributed by atoms with E-state index in [1.165, 1.54) is 6.42 Å². The minimum atomic E-state index is -0.0838. The summed E-state index contributed by atoms with van der Waals surface area (Å²) in [5, 5.41) is 12.2. The maximum absolute atomic E-state index is 5.61. The minimum absolute atomic E-state index is 0.0838. The first-order valence-corrected chi connectivity index (χ1v) is 7.55. The van der Waals surface area contributed by atoms with Crippen LogP contribution in [-0.4, -0.2) is 33.0 Å². The number of benzene rings is 1. The summed E-state index contributed by atoms with van der Waals surface area (Å²) in [7, 11) is 1.76. The Hall–Kier alpha value is -2.21. The number of ether oxygens (including phenoxy) is 1. The lowest BCUT2D eigenvalue weighted by Crippen LogP contribution is -2.41. The van der Waals surface area contributed by atoms with Crippen LogP contribution in [0.3, 0.4) is 0 Å². The molecule has 0 saturated heterocycles. The van der Waals surface area contributed by atoms with Crippen molar-refractivity contribution in [2.75, 3.05) is 7.11 Å². The predicted molar refractivity (Wildman–Crippen MR) is 80.5 cm³/mol. The molecule has 3 aromatic rings. The molecule has 4 rings (SSSR count). The molecule has 1 fully saturated rings. The fourth-order valence-electron chi connectivity index (χ4n) is 3.02. The van der Waals surface area contributed by atoms with Crippen LogP contribution in [0.25, 0.3) is 10.9 Å². The summed E-state index contributed by atoms with van der Waals surface area (Å²) in [5.74, 6) is 1.38. The molecule has 0 bridgehead atoms. The number of hydrogen-bond donors (Lipinski definition) is 1. The maximum Gasteiger partial charge on any atom is 0.229 e. The fraction of sp³-hybridized carbons (Fsp3) is 0.438. The van der Waals surface area contributed by atoms with E-state index in [2.05, 4.69) is 32.5 Å². The molecule has 6 heteroatoms. The van der Waals surface area contributed by atoms with Crippen molar-refractivity contribution in [3.05, 3.63) is 41.7 Å². The van der Waals surface area contributed by atoms with Gasteiger partial charge in [-0.2, -0.15) is 10.1 Å². The zero-order valence-corrected chi connectivity index (χ0v) is 12.5. The Bertz CT molecular complexity index is 783. The molecule has 0 radical (unpaired) electrons. The lowest BCUT2D eigenvalue weighted by atomic mass is 9.77. The summed E-state index contributed by atoms with van der Waals surface area (Å²) in [6.45, 7) is 0. The highest BCUT2D eigenvalue weighted by Crippen LogP contribution is 2.37. The Morgan fingerprint density at radius 1 is 1.36 bits per heavy atom. The first-order valence-electron chi connectivity index (χ1n) is 7.55. The van der Waals surface area contributed by atoms with Gasteiger partial charge in [0.25, 0.3) is 0 Å². The Morgan fingerprint density at radius 3 is 3.05 bits per heavy atom. The van der Waals surface area contributed by atoms with Gasteiger partial charge in [-0.05, 0) is 37.0 Å². The summed E-state index contributed by atoms with van der Waals surface area (Å²) >= 11 is 0. The molecule has 1 N–H and O–H groups in total. The van der Waals surface area contributed by atoms with E-state index in [0.717, 1.165) is 29.3 Å². The molecule has 22 heavy (non-hydrogen) atoms. The second kappa shape index (κ2) is 5.21. The number of rotatable bonds is 5. The van der Waals surface area contributed by atoms with Crippen molar-refractivity contribution in [2.24, 2.45) is 0 Å². The van der Waals surface area contributed by atoms with Gasteiger partial charge in [-0.3, -0.25) is 5.10 Å². The molecule has 2 heterocycles. The van der Waals surface area contributed by atoms with Crippen LogP contribution in [-0.2, 0) is 17.6 Å². The molecule has 0 atom stereocenters. The van der Waals surface area contributed by atoms with Crippen molar-refractivity contribution in [1.82, 2.24) is 20.3 Å². The van der Waals surface area contributed by atoms with Gasteiger partial charge in [-0.25, -0.2) is 0 Å². The predicted octanol–water partition coefficient (Wildman–Crippen LogP) is 2.65. The van der Waals surface area contributed by atoms with Gasteiger partial charge in [0.2, 0.25) is 5.89 Å². The normalized spacial score (nSPS) is 16.8. The summed E-state index contributed by atoms with van der Waals surface area (Å²) in [5.41, 5.74) is 2.09. The summed E-state index contributed by atoms with van der Waals surface area (Å²) in [6, 6.07) is 6.17. The van der Waals surface area contributed by atoms with Gasteiger partial charge in [0.05, 0.1) is 23.7 Å². The van der Waals surface area contributed by atoms with Crippen LogP contribution >= 0.6 is 0 Å². The van der Waals surface area contributed by atoms with Gasteiger partial charge in [0, 0.05) is 18.9 Å². The Labute approximate surface area is 127 Å². The molecule has 1 aromatic carbocycles. The topological polar surface area (TPSA) is 76.8 Å². The fourth-order valence-corrected chi connectivity index (χ4v) is 3.02. The monoisotopic (exact) mass is 298 g/mol. The molecule has 2 aromatic heterocycles. The van der Waals surface area contributed by atoms with Crippen molar-refractivity contribution in [1.29, 1.82) is 0 Å². The molecule has 0 spiro atoms. The van der Waals surface area contributed by atoms with Crippen molar-refractivity contribution in [2.45, 2.75) is 37.7 Å². The van der Waals surface area contributed by atoms with Crippen LogP contribution in [0.2, 0.25) is 0 Å². The molecule has 0 aliphatic heterocycles. The van der Waals surface area contributed by atoms with E-state index in [0.29, 0.717) is 24.6 Å². The lowest BCUT2D eigenvalue weighted by Gasteiger charge is -2.39. The standard InChI is InChI=1S/C16H18N4O2/c1-21-16(5-2-6-16)9-15-18-14(20-22-15)8-11-3-4-13-12(7-11)10-17-19-13/h3-4,7,10H,2,5-6,8-9H2,1H3,(H,17,19). The molecule has 1 aliphatic carbocycles. The van der Waals surface area contributed by atoms with Crippen molar-refractivity contribution >= 4 is 10.9 Å². The number of hydrogen-bond acceptors (Lipinski definition) is 5. The van der Waals surface area contributed by atoms with E-state index in [9.17, 15) is 0 Å². The maximum atomic E-state index is 5.61. The number of nitrogens with one attached hydrogen (secondary N) is 1.